The fraction of sp³-hybridized carbons (Fsp3) is 0.333. The van der Waals surface area contributed by atoms with Crippen LogP contribution in [0.3, 0.4) is 0 Å². The summed E-state index contributed by atoms with van der Waals surface area (Å²) in [6, 6.07) is 10.6. The van der Waals surface area contributed by atoms with E-state index < -0.39 is 0 Å². The molecule has 0 amide bonds. The molecule has 0 saturated heterocycles. The number of aromatic nitrogens is 2. The van der Waals surface area contributed by atoms with Crippen LogP contribution < -0.4 is 0 Å². The van der Waals surface area contributed by atoms with Crippen molar-refractivity contribution in [2.75, 3.05) is 0 Å². The van der Waals surface area contributed by atoms with E-state index in [1.54, 1.807) is 0 Å². The number of benzene rings is 1. The molecule has 0 radical (unpaired) electrons. The Labute approximate surface area is 90.2 Å². The topological polar surface area (TPSA) is 38.9 Å². The summed E-state index contributed by atoms with van der Waals surface area (Å²) in [5.41, 5.74) is 1.69. The van der Waals surface area contributed by atoms with Gasteiger partial charge in [0.1, 0.15) is 0 Å². The molecule has 0 spiro atoms. The lowest BCUT2D eigenvalue weighted by molar-refractivity contribution is 0.553. The lowest BCUT2D eigenvalue weighted by Crippen LogP contribution is -2.10. The van der Waals surface area contributed by atoms with E-state index in [4.69, 9.17) is 0 Å². The van der Waals surface area contributed by atoms with Gasteiger partial charge in [-0.05, 0) is 11.0 Å². The summed E-state index contributed by atoms with van der Waals surface area (Å²) in [4.78, 5) is 0. The maximum absolute atomic E-state index is 4.36. The van der Waals surface area contributed by atoms with E-state index in [9.17, 15) is 0 Å². The van der Waals surface area contributed by atoms with Crippen molar-refractivity contribution in [2.45, 2.75) is 26.2 Å². The minimum atomic E-state index is 0.293. The molecule has 0 N–H and O–H groups in total. The van der Waals surface area contributed by atoms with Crippen LogP contribution >= 0.6 is 0 Å². The first-order valence-corrected chi connectivity index (χ1v) is 4.85. The first-order valence-electron chi connectivity index (χ1n) is 4.85. The fourth-order valence-corrected chi connectivity index (χ4v) is 1.07. The molecule has 80 valence electrons. The molecule has 0 unspecified atom stereocenters. The van der Waals surface area contributed by atoms with Crippen molar-refractivity contribution < 1.29 is 4.42 Å². The van der Waals surface area contributed by atoms with Crippen molar-refractivity contribution in [2.24, 2.45) is 0 Å². The van der Waals surface area contributed by atoms with E-state index in [1.807, 2.05) is 0 Å². The molecular weight excluding hydrogens is 188 g/mol. The van der Waals surface area contributed by atoms with E-state index >= 15 is 0 Å². The molecule has 0 bridgehead atoms. The third-order valence-corrected chi connectivity index (χ3v) is 1.92. The van der Waals surface area contributed by atoms with Crippen molar-refractivity contribution in [1.82, 2.24) is 10.2 Å². The Morgan fingerprint density at radius 1 is 0.933 bits per heavy atom. The van der Waals surface area contributed by atoms with Gasteiger partial charge in [-0.1, -0.05) is 51.1 Å². The fourth-order valence-electron chi connectivity index (χ4n) is 1.07. The largest absolute Gasteiger partial charge is 0.431 e. The molecule has 0 fully saturated rings. The second kappa shape index (κ2) is 5.29. The summed E-state index contributed by atoms with van der Waals surface area (Å²) in [5.74, 6) is 0. The van der Waals surface area contributed by atoms with Crippen molar-refractivity contribution >= 4 is 0 Å². The SMILES string of the molecule is CC(C)(C)c1ccccc1.c1nnco1. The highest BCUT2D eigenvalue weighted by Crippen LogP contribution is 2.20. The van der Waals surface area contributed by atoms with Crippen molar-refractivity contribution in [3.63, 3.8) is 0 Å². The lowest BCUT2D eigenvalue weighted by Gasteiger charge is -2.18. The van der Waals surface area contributed by atoms with E-state index in [2.05, 4.69) is 65.7 Å². The van der Waals surface area contributed by atoms with E-state index in [0.717, 1.165) is 0 Å². The lowest BCUT2D eigenvalue weighted by atomic mass is 9.87. The number of hydrogen-bond acceptors (Lipinski definition) is 3. The van der Waals surface area contributed by atoms with Gasteiger partial charge < -0.3 is 4.42 Å². The van der Waals surface area contributed by atoms with Crippen LogP contribution in [0.15, 0.2) is 47.5 Å². The summed E-state index contributed by atoms with van der Waals surface area (Å²) in [5, 5.41) is 6.61. The Morgan fingerprint density at radius 3 is 1.73 bits per heavy atom. The average molecular weight is 204 g/mol. The number of nitrogens with zero attached hydrogens (tertiary/aromatic N) is 2. The molecule has 15 heavy (non-hydrogen) atoms. The molecule has 0 saturated carbocycles. The molecule has 2 rings (SSSR count). The highest BCUT2D eigenvalue weighted by molar-refractivity contribution is 5.21. The van der Waals surface area contributed by atoms with Crippen LogP contribution in [-0.2, 0) is 5.41 Å². The van der Waals surface area contributed by atoms with Gasteiger partial charge in [0.05, 0.1) is 0 Å². The third kappa shape index (κ3) is 4.40. The molecule has 0 aliphatic carbocycles. The zero-order chi connectivity index (χ0) is 11.1. The zero-order valence-corrected chi connectivity index (χ0v) is 9.34. The van der Waals surface area contributed by atoms with Crippen LogP contribution in [0.5, 0.6) is 0 Å². The highest BCUT2D eigenvalue weighted by Gasteiger charge is 2.11. The Morgan fingerprint density at radius 2 is 1.47 bits per heavy atom. The van der Waals surface area contributed by atoms with E-state index in [-0.39, 0.29) is 0 Å². The summed E-state index contributed by atoms with van der Waals surface area (Å²) >= 11 is 0. The van der Waals surface area contributed by atoms with Crippen LogP contribution in [-0.4, -0.2) is 10.2 Å². The van der Waals surface area contributed by atoms with Gasteiger partial charge in [-0.2, -0.15) is 0 Å². The van der Waals surface area contributed by atoms with Gasteiger partial charge in [-0.3, -0.25) is 0 Å². The van der Waals surface area contributed by atoms with Gasteiger partial charge in [-0.15, -0.1) is 10.2 Å². The maximum atomic E-state index is 4.36. The van der Waals surface area contributed by atoms with Gasteiger partial charge >= 0.3 is 0 Å². The summed E-state index contributed by atoms with van der Waals surface area (Å²) < 4.78 is 4.36. The number of rotatable bonds is 0. The molecule has 3 heteroatoms. The Hall–Kier alpha value is -1.64. The van der Waals surface area contributed by atoms with Crippen LogP contribution in [0.25, 0.3) is 0 Å². The number of hydrogen-bond donors (Lipinski definition) is 0. The molecule has 3 nitrogen and oxygen atoms in total. The Balaban J connectivity index is 0.000000187. The van der Waals surface area contributed by atoms with Crippen molar-refractivity contribution in [3.05, 3.63) is 48.7 Å². The second-order valence-corrected chi connectivity index (χ2v) is 4.19. The third-order valence-electron chi connectivity index (χ3n) is 1.92. The molecule has 2 aromatic rings. The summed E-state index contributed by atoms with van der Waals surface area (Å²) in [6.07, 6.45) is 2.53. The molecule has 1 aromatic heterocycles. The van der Waals surface area contributed by atoms with Gasteiger partial charge in [0.2, 0.25) is 12.8 Å². The monoisotopic (exact) mass is 204 g/mol. The molecule has 0 aliphatic rings. The molecule has 0 atom stereocenters. The van der Waals surface area contributed by atoms with E-state index in [1.165, 1.54) is 18.4 Å². The maximum Gasteiger partial charge on any atom is 0.203 e. The smallest absolute Gasteiger partial charge is 0.203 e. The van der Waals surface area contributed by atoms with Gasteiger partial charge in [0.25, 0.3) is 0 Å². The molecule has 1 aromatic carbocycles. The molecule has 0 aliphatic heterocycles. The Bertz CT molecular complexity index is 332. The van der Waals surface area contributed by atoms with Crippen molar-refractivity contribution in [1.29, 1.82) is 0 Å². The highest BCUT2D eigenvalue weighted by atomic mass is 16.3. The normalized spacial score (nSPS) is 10.3. The van der Waals surface area contributed by atoms with E-state index in [0.29, 0.717) is 5.41 Å². The van der Waals surface area contributed by atoms with Gasteiger partial charge in [-0.25, -0.2) is 0 Å². The first kappa shape index (κ1) is 11.4. The van der Waals surface area contributed by atoms with Crippen LogP contribution in [0.1, 0.15) is 26.3 Å². The Kier molecular flexibility index (Phi) is 4.03. The van der Waals surface area contributed by atoms with Gasteiger partial charge in [0, 0.05) is 0 Å². The minimum Gasteiger partial charge on any atom is -0.431 e. The standard InChI is InChI=1S/C10H14.C2H2N2O/c1-10(2,3)9-7-5-4-6-8-9;1-3-4-2-5-1/h4-8H,1-3H3;1-2H. The molecule has 1 heterocycles. The summed E-state index contributed by atoms with van der Waals surface area (Å²) in [7, 11) is 0. The second-order valence-electron chi connectivity index (χ2n) is 4.19. The zero-order valence-electron chi connectivity index (χ0n) is 9.34. The van der Waals surface area contributed by atoms with Crippen LogP contribution in [0.4, 0.5) is 0 Å². The van der Waals surface area contributed by atoms with Gasteiger partial charge in [0.15, 0.2) is 0 Å². The quantitative estimate of drug-likeness (QED) is 0.662. The predicted molar refractivity (Wildman–Crippen MR) is 59.4 cm³/mol. The van der Waals surface area contributed by atoms with Crippen LogP contribution in [0, 0.1) is 0 Å². The van der Waals surface area contributed by atoms with Crippen molar-refractivity contribution in [3.8, 4) is 0 Å². The predicted octanol–water partition coefficient (Wildman–Crippen LogP) is 3.05. The van der Waals surface area contributed by atoms with Crippen LogP contribution in [0.2, 0.25) is 0 Å². The average Bonchev–Trinajstić information content (AvgIpc) is 2.76. The summed E-state index contributed by atoms with van der Waals surface area (Å²) in [6.45, 7) is 6.67. The first-order chi connectivity index (χ1) is 7.11. The minimum absolute atomic E-state index is 0.293. The molecular formula is C12H16N2O.